The Morgan fingerprint density at radius 1 is 1.06 bits per heavy atom. The molecule has 1 fully saturated rings. The summed E-state index contributed by atoms with van der Waals surface area (Å²) in [5.41, 5.74) is 2.59. The van der Waals surface area contributed by atoms with Gasteiger partial charge in [-0.1, -0.05) is 81.4 Å². The second-order valence-electron chi connectivity index (χ2n) is 9.51. The van der Waals surface area contributed by atoms with Gasteiger partial charge in [0, 0.05) is 29.2 Å². The van der Waals surface area contributed by atoms with E-state index in [1.807, 2.05) is 36.4 Å². The van der Waals surface area contributed by atoms with Gasteiger partial charge < -0.3 is 0 Å². The summed E-state index contributed by atoms with van der Waals surface area (Å²) in [4.78, 5) is 24.3. The van der Waals surface area contributed by atoms with E-state index in [0.29, 0.717) is 0 Å². The number of Topliss-reactive ketones (excluding diaryl/α,β-unsaturated/α-hetero) is 1. The third-order valence-electron chi connectivity index (χ3n) is 7.48. The average molecular weight is 435 g/mol. The Morgan fingerprint density at radius 2 is 1.66 bits per heavy atom. The number of ketones is 1. The first-order valence-corrected chi connectivity index (χ1v) is 11.9. The zero-order valence-electron chi connectivity index (χ0n) is 20.5. The molecule has 1 aliphatic rings. The molecule has 1 heterocycles. The van der Waals surface area contributed by atoms with Crippen molar-refractivity contribution in [2.24, 2.45) is 10.9 Å². The van der Waals surface area contributed by atoms with Crippen molar-refractivity contribution in [1.82, 2.24) is 5.06 Å². The molecule has 1 aliphatic heterocycles. The Labute approximate surface area is 193 Å². The van der Waals surface area contributed by atoms with E-state index in [1.54, 1.807) is 0 Å². The van der Waals surface area contributed by atoms with Gasteiger partial charge in [-0.15, -0.1) is 0 Å². The molecule has 1 saturated heterocycles. The summed E-state index contributed by atoms with van der Waals surface area (Å²) in [5, 5.41) is 2.26. The summed E-state index contributed by atoms with van der Waals surface area (Å²) in [6.45, 7) is 13.5. The third kappa shape index (κ3) is 4.87. The van der Waals surface area contributed by atoms with Crippen LogP contribution in [0.1, 0.15) is 82.8 Å². The lowest BCUT2D eigenvalue weighted by Gasteiger charge is -2.57. The molecule has 0 saturated carbocycles. The first kappa shape index (κ1) is 24.3. The lowest BCUT2D eigenvalue weighted by atomic mass is 9.70. The summed E-state index contributed by atoms with van der Waals surface area (Å²) in [7, 11) is 0. The lowest BCUT2D eigenvalue weighted by molar-refractivity contribution is -0.309. The Hall–Kier alpha value is -2.30. The standard InChI is InChI=1S/C28H38N2O2/c1-7-27(5)19-25(29-20-26(31)24-17-13-10-14-18-24)21(3)28(6,8-2)30(27)32-22(4)23-15-11-9-12-16-23/h9-18,21-22H,7-8,19-20H2,1-6H3/b29-25-. The number of carbonyl (C=O) groups is 1. The molecule has 0 amide bonds. The molecule has 2 aromatic carbocycles. The number of carbonyl (C=O) groups excluding carboxylic acids is 1. The summed E-state index contributed by atoms with van der Waals surface area (Å²) in [5.74, 6) is 0.247. The molecule has 4 heteroatoms. The van der Waals surface area contributed by atoms with Gasteiger partial charge in [-0.25, -0.2) is 0 Å². The molecule has 0 spiro atoms. The van der Waals surface area contributed by atoms with Crippen LogP contribution in [0.25, 0.3) is 0 Å². The minimum Gasteiger partial charge on any atom is -0.292 e. The number of hydrogen-bond acceptors (Lipinski definition) is 4. The SMILES string of the molecule is CCC1(C)C/C(=N/CC(=O)c2ccccc2)C(C)C(C)(CC)N1OC(C)c1ccccc1. The lowest BCUT2D eigenvalue weighted by Crippen LogP contribution is -2.66. The first-order chi connectivity index (χ1) is 15.2. The van der Waals surface area contributed by atoms with Crippen molar-refractivity contribution in [2.75, 3.05) is 6.54 Å². The highest BCUT2D eigenvalue weighted by atomic mass is 16.7. The summed E-state index contributed by atoms with van der Waals surface area (Å²) in [6.07, 6.45) is 2.61. The minimum absolute atomic E-state index is 0.0432. The predicted octanol–water partition coefficient (Wildman–Crippen LogP) is 6.68. The van der Waals surface area contributed by atoms with E-state index in [-0.39, 0.29) is 35.4 Å². The van der Waals surface area contributed by atoms with Gasteiger partial charge in [-0.2, -0.15) is 5.06 Å². The fourth-order valence-electron chi connectivity index (χ4n) is 4.76. The van der Waals surface area contributed by atoms with Crippen molar-refractivity contribution >= 4 is 11.5 Å². The highest BCUT2D eigenvalue weighted by Crippen LogP contribution is 2.46. The predicted molar refractivity (Wildman–Crippen MR) is 132 cm³/mol. The minimum atomic E-state index is -0.222. The van der Waals surface area contributed by atoms with Crippen LogP contribution in [0.5, 0.6) is 0 Å². The van der Waals surface area contributed by atoms with E-state index in [0.717, 1.165) is 30.5 Å². The molecule has 2 aromatic rings. The van der Waals surface area contributed by atoms with E-state index < -0.39 is 0 Å². The molecular weight excluding hydrogens is 396 g/mol. The van der Waals surface area contributed by atoms with Crippen molar-refractivity contribution in [2.45, 2.75) is 78.0 Å². The number of piperidine rings is 1. The summed E-state index contributed by atoms with van der Waals surface area (Å²) < 4.78 is 0. The molecule has 0 bridgehead atoms. The summed E-state index contributed by atoms with van der Waals surface area (Å²) >= 11 is 0. The highest BCUT2D eigenvalue weighted by Gasteiger charge is 2.53. The third-order valence-corrected chi connectivity index (χ3v) is 7.48. The molecule has 4 unspecified atom stereocenters. The van der Waals surface area contributed by atoms with Crippen LogP contribution in [-0.2, 0) is 4.84 Å². The molecule has 172 valence electrons. The quantitative estimate of drug-likeness (QED) is 0.435. The normalized spacial score (nSPS) is 28.6. The molecule has 0 N–H and O–H groups in total. The van der Waals surface area contributed by atoms with Gasteiger partial charge in [0.25, 0.3) is 0 Å². The van der Waals surface area contributed by atoms with E-state index in [9.17, 15) is 4.79 Å². The molecule has 0 aromatic heterocycles. The molecule has 0 aliphatic carbocycles. The van der Waals surface area contributed by atoms with Gasteiger partial charge in [-0.3, -0.25) is 14.6 Å². The van der Waals surface area contributed by atoms with E-state index in [4.69, 9.17) is 9.83 Å². The summed E-state index contributed by atoms with van der Waals surface area (Å²) in [6, 6.07) is 19.8. The maximum absolute atomic E-state index is 12.7. The Bertz CT molecular complexity index is 927. The number of benzene rings is 2. The van der Waals surface area contributed by atoms with Crippen LogP contribution in [0, 0.1) is 5.92 Å². The Morgan fingerprint density at radius 3 is 2.22 bits per heavy atom. The van der Waals surface area contributed by atoms with Crippen molar-refractivity contribution < 1.29 is 9.63 Å². The first-order valence-electron chi connectivity index (χ1n) is 11.9. The van der Waals surface area contributed by atoms with Crippen molar-refractivity contribution in [3.63, 3.8) is 0 Å². The van der Waals surface area contributed by atoms with Crippen molar-refractivity contribution in [1.29, 1.82) is 0 Å². The molecule has 32 heavy (non-hydrogen) atoms. The maximum Gasteiger partial charge on any atom is 0.184 e. The average Bonchev–Trinajstić information content (AvgIpc) is 2.84. The Balaban J connectivity index is 1.87. The Kier molecular flexibility index (Phi) is 7.68. The smallest absolute Gasteiger partial charge is 0.184 e. The van der Waals surface area contributed by atoms with Crippen LogP contribution in [0.3, 0.4) is 0 Å². The molecule has 3 rings (SSSR count). The molecular formula is C28H38N2O2. The van der Waals surface area contributed by atoms with Gasteiger partial charge in [0.1, 0.15) is 12.6 Å². The maximum atomic E-state index is 12.7. The number of hydroxylamine groups is 2. The van der Waals surface area contributed by atoms with Gasteiger partial charge in [0.2, 0.25) is 0 Å². The topological polar surface area (TPSA) is 41.9 Å². The fourth-order valence-corrected chi connectivity index (χ4v) is 4.76. The zero-order chi connectivity index (χ0) is 23.4. The number of rotatable bonds is 8. The van der Waals surface area contributed by atoms with E-state index >= 15 is 0 Å². The zero-order valence-corrected chi connectivity index (χ0v) is 20.5. The largest absolute Gasteiger partial charge is 0.292 e. The fraction of sp³-hybridized carbons (Fsp3) is 0.500. The van der Waals surface area contributed by atoms with Crippen LogP contribution < -0.4 is 0 Å². The molecule has 0 radical (unpaired) electrons. The van der Waals surface area contributed by atoms with Crippen LogP contribution in [-0.4, -0.2) is 34.2 Å². The van der Waals surface area contributed by atoms with Gasteiger partial charge in [0.15, 0.2) is 5.78 Å². The number of hydrogen-bond donors (Lipinski definition) is 0. The van der Waals surface area contributed by atoms with Crippen LogP contribution in [0.15, 0.2) is 65.7 Å². The van der Waals surface area contributed by atoms with Crippen LogP contribution >= 0.6 is 0 Å². The van der Waals surface area contributed by atoms with Crippen LogP contribution in [0.4, 0.5) is 0 Å². The van der Waals surface area contributed by atoms with Gasteiger partial charge >= 0.3 is 0 Å². The molecule has 4 atom stereocenters. The monoisotopic (exact) mass is 434 g/mol. The van der Waals surface area contributed by atoms with Crippen LogP contribution in [0.2, 0.25) is 0 Å². The second-order valence-corrected chi connectivity index (χ2v) is 9.51. The van der Waals surface area contributed by atoms with Gasteiger partial charge in [-0.05, 0) is 39.2 Å². The van der Waals surface area contributed by atoms with Gasteiger partial charge in [0.05, 0.1) is 5.54 Å². The molecule has 4 nitrogen and oxygen atoms in total. The highest BCUT2D eigenvalue weighted by molar-refractivity contribution is 5.99. The number of nitrogens with zero attached hydrogens (tertiary/aromatic N) is 2. The number of aliphatic imine (C=N–C) groups is 1. The van der Waals surface area contributed by atoms with E-state index in [2.05, 4.69) is 70.9 Å². The van der Waals surface area contributed by atoms with E-state index in [1.165, 1.54) is 5.56 Å². The van der Waals surface area contributed by atoms with Crippen molar-refractivity contribution in [3.05, 3.63) is 71.8 Å². The second kappa shape index (κ2) is 10.1. The van der Waals surface area contributed by atoms with Crippen molar-refractivity contribution in [3.8, 4) is 0 Å².